The number of carbonyl (C=O) groups excluding carboxylic acids is 1. The Morgan fingerprint density at radius 1 is 1.22 bits per heavy atom. The molecule has 98 valence electrons. The van der Waals surface area contributed by atoms with Crippen LogP contribution in [0, 0.1) is 13.8 Å². The Hall–Kier alpha value is -1.55. The summed E-state index contributed by atoms with van der Waals surface area (Å²) in [5.74, 6) is 0. The van der Waals surface area contributed by atoms with Crippen LogP contribution in [0.15, 0.2) is 18.2 Å². The fourth-order valence-corrected chi connectivity index (χ4v) is 2.64. The van der Waals surface area contributed by atoms with Gasteiger partial charge in [0.15, 0.2) is 0 Å². The van der Waals surface area contributed by atoms with Crippen LogP contribution in [0.3, 0.4) is 0 Å². The van der Waals surface area contributed by atoms with Crippen molar-refractivity contribution in [2.24, 2.45) is 5.73 Å². The highest BCUT2D eigenvalue weighted by atomic mass is 16.2. The molecule has 1 aromatic rings. The summed E-state index contributed by atoms with van der Waals surface area (Å²) in [4.78, 5) is 15.3. The molecule has 0 spiro atoms. The minimum atomic E-state index is -0.322. The van der Waals surface area contributed by atoms with Crippen molar-refractivity contribution in [1.29, 1.82) is 0 Å². The lowest BCUT2D eigenvalue weighted by atomic mass is 9.98. The largest absolute Gasteiger partial charge is 0.351 e. The average Bonchev–Trinajstić information content (AvgIpc) is 2.27. The number of likely N-dealkylation sites (N-methyl/N-ethyl adjacent to an activating group) is 1. The molecule has 18 heavy (non-hydrogen) atoms. The molecule has 1 aliphatic rings. The van der Waals surface area contributed by atoms with Crippen LogP contribution >= 0.6 is 0 Å². The zero-order valence-electron chi connectivity index (χ0n) is 11.3. The first-order valence-corrected chi connectivity index (χ1v) is 6.30. The number of benzene rings is 1. The van der Waals surface area contributed by atoms with Crippen molar-refractivity contribution >= 4 is 6.03 Å². The summed E-state index contributed by atoms with van der Waals surface area (Å²) in [6, 6.07) is 6.47. The van der Waals surface area contributed by atoms with Gasteiger partial charge >= 0.3 is 6.03 Å². The fourth-order valence-electron chi connectivity index (χ4n) is 2.64. The maximum atomic E-state index is 11.3. The molecule has 0 radical (unpaired) electrons. The van der Waals surface area contributed by atoms with Crippen LogP contribution in [-0.4, -0.2) is 42.5 Å². The molecule has 1 aliphatic heterocycles. The molecule has 2 amide bonds. The molecule has 0 aliphatic carbocycles. The number of nitrogens with zero attached hydrogens (tertiary/aromatic N) is 2. The fraction of sp³-hybridized carbons (Fsp3) is 0.500. The number of nitrogens with two attached hydrogens (primary N) is 1. The third-order valence-electron chi connectivity index (χ3n) is 3.59. The summed E-state index contributed by atoms with van der Waals surface area (Å²) in [6.45, 7) is 6.46. The first-order chi connectivity index (χ1) is 8.47. The second-order valence-electron chi connectivity index (χ2n) is 5.20. The highest BCUT2D eigenvalue weighted by Gasteiger charge is 2.27. The topological polar surface area (TPSA) is 49.6 Å². The molecule has 1 saturated heterocycles. The minimum absolute atomic E-state index is 0.241. The number of piperazine rings is 1. The van der Waals surface area contributed by atoms with E-state index >= 15 is 0 Å². The minimum Gasteiger partial charge on any atom is -0.351 e. The number of aryl methyl sites for hydroxylation is 2. The Balaban J connectivity index is 2.26. The van der Waals surface area contributed by atoms with Crippen LogP contribution in [0.1, 0.15) is 22.7 Å². The van der Waals surface area contributed by atoms with Crippen molar-refractivity contribution in [3.8, 4) is 0 Å². The van der Waals surface area contributed by atoms with E-state index < -0.39 is 0 Å². The van der Waals surface area contributed by atoms with E-state index in [2.05, 4.69) is 44.0 Å². The zero-order valence-corrected chi connectivity index (χ0v) is 11.3. The SMILES string of the molecule is Cc1cc(C)cc(C2CN(C(N)=O)CCN2C)c1. The molecular weight excluding hydrogens is 226 g/mol. The molecule has 2 rings (SSSR count). The van der Waals surface area contributed by atoms with E-state index in [4.69, 9.17) is 5.73 Å². The molecule has 0 saturated carbocycles. The van der Waals surface area contributed by atoms with Gasteiger partial charge in [0.05, 0.1) is 6.04 Å². The number of amides is 2. The predicted molar refractivity (Wildman–Crippen MR) is 72.4 cm³/mol. The molecule has 1 unspecified atom stereocenters. The van der Waals surface area contributed by atoms with Crippen molar-refractivity contribution in [3.05, 3.63) is 34.9 Å². The molecule has 0 bridgehead atoms. The van der Waals surface area contributed by atoms with Crippen molar-refractivity contribution in [2.45, 2.75) is 19.9 Å². The van der Waals surface area contributed by atoms with Gasteiger partial charge in [-0.25, -0.2) is 4.79 Å². The van der Waals surface area contributed by atoms with Crippen molar-refractivity contribution < 1.29 is 4.79 Å². The van der Waals surface area contributed by atoms with Gasteiger partial charge in [-0.2, -0.15) is 0 Å². The summed E-state index contributed by atoms with van der Waals surface area (Å²) in [5.41, 5.74) is 9.16. The third-order valence-corrected chi connectivity index (χ3v) is 3.59. The smallest absolute Gasteiger partial charge is 0.314 e. The maximum absolute atomic E-state index is 11.3. The lowest BCUT2D eigenvalue weighted by Gasteiger charge is -2.39. The van der Waals surface area contributed by atoms with E-state index in [1.165, 1.54) is 16.7 Å². The molecule has 4 nitrogen and oxygen atoms in total. The lowest BCUT2D eigenvalue weighted by Crippen LogP contribution is -2.50. The van der Waals surface area contributed by atoms with Gasteiger partial charge in [0.25, 0.3) is 0 Å². The molecule has 0 aromatic heterocycles. The van der Waals surface area contributed by atoms with E-state index in [0.717, 1.165) is 6.54 Å². The Morgan fingerprint density at radius 3 is 2.39 bits per heavy atom. The van der Waals surface area contributed by atoms with Gasteiger partial charge in [-0.3, -0.25) is 4.90 Å². The number of hydrogen-bond donors (Lipinski definition) is 1. The van der Waals surface area contributed by atoms with Crippen LogP contribution in [0.5, 0.6) is 0 Å². The van der Waals surface area contributed by atoms with Crippen molar-refractivity contribution in [3.63, 3.8) is 0 Å². The Labute approximate surface area is 108 Å². The van der Waals surface area contributed by atoms with Gasteiger partial charge in [-0.15, -0.1) is 0 Å². The first-order valence-electron chi connectivity index (χ1n) is 6.30. The van der Waals surface area contributed by atoms with Crippen molar-refractivity contribution in [1.82, 2.24) is 9.80 Å². The maximum Gasteiger partial charge on any atom is 0.314 e. The Morgan fingerprint density at radius 2 is 1.83 bits per heavy atom. The van der Waals surface area contributed by atoms with Crippen LogP contribution in [0.25, 0.3) is 0 Å². The van der Waals surface area contributed by atoms with Gasteiger partial charge in [0, 0.05) is 19.6 Å². The van der Waals surface area contributed by atoms with E-state index in [1.54, 1.807) is 4.90 Å². The summed E-state index contributed by atoms with van der Waals surface area (Å²) in [7, 11) is 2.10. The second kappa shape index (κ2) is 4.98. The van der Waals surface area contributed by atoms with Crippen LogP contribution in [-0.2, 0) is 0 Å². The average molecular weight is 247 g/mol. The number of hydrogen-bond acceptors (Lipinski definition) is 2. The van der Waals surface area contributed by atoms with E-state index in [-0.39, 0.29) is 12.1 Å². The first kappa shape index (κ1) is 12.9. The lowest BCUT2D eigenvalue weighted by molar-refractivity contribution is 0.114. The molecule has 4 heteroatoms. The monoisotopic (exact) mass is 247 g/mol. The quantitative estimate of drug-likeness (QED) is 0.820. The summed E-state index contributed by atoms with van der Waals surface area (Å²) >= 11 is 0. The third kappa shape index (κ3) is 2.64. The van der Waals surface area contributed by atoms with E-state index in [0.29, 0.717) is 13.1 Å². The van der Waals surface area contributed by atoms with Crippen LogP contribution < -0.4 is 5.73 Å². The zero-order chi connectivity index (χ0) is 13.3. The Bertz CT molecular complexity index is 438. The van der Waals surface area contributed by atoms with Gasteiger partial charge in [0.2, 0.25) is 0 Å². The van der Waals surface area contributed by atoms with E-state index in [1.807, 2.05) is 0 Å². The van der Waals surface area contributed by atoms with Gasteiger partial charge in [-0.1, -0.05) is 29.3 Å². The van der Waals surface area contributed by atoms with Crippen molar-refractivity contribution in [2.75, 3.05) is 26.7 Å². The number of carbonyl (C=O) groups is 1. The molecule has 1 heterocycles. The van der Waals surface area contributed by atoms with Gasteiger partial charge in [0.1, 0.15) is 0 Å². The van der Waals surface area contributed by atoms with Gasteiger partial charge < -0.3 is 10.6 Å². The highest BCUT2D eigenvalue weighted by Crippen LogP contribution is 2.25. The summed E-state index contributed by atoms with van der Waals surface area (Å²) < 4.78 is 0. The number of primary amides is 1. The number of urea groups is 1. The second-order valence-corrected chi connectivity index (χ2v) is 5.20. The molecule has 1 fully saturated rings. The van der Waals surface area contributed by atoms with Crippen LogP contribution in [0.2, 0.25) is 0 Å². The molecule has 1 aromatic carbocycles. The molecule has 1 atom stereocenters. The predicted octanol–water partition coefficient (Wildman–Crippen LogP) is 1.67. The summed E-state index contributed by atoms with van der Waals surface area (Å²) in [5, 5.41) is 0. The van der Waals surface area contributed by atoms with Crippen LogP contribution in [0.4, 0.5) is 4.79 Å². The Kier molecular flexibility index (Phi) is 3.57. The standard InChI is InChI=1S/C14H21N3O/c1-10-6-11(2)8-12(7-10)13-9-17(14(15)18)5-4-16(13)3/h6-8,13H,4-5,9H2,1-3H3,(H2,15,18). The molecular formula is C14H21N3O. The normalized spacial score (nSPS) is 21.1. The van der Waals surface area contributed by atoms with E-state index in [9.17, 15) is 4.79 Å². The molecule has 2 N–H and O–H groups in total. The summed E-state index contributed by atoms with van der Waals surface area (Å²) in [6.07, 6.45) is 0. The number of rotatable bonds is 1. The van der Waals surface area contributed by atoms with Gasteiger partial charge in [-0.05, 0) is 26.5 Å². The highest BCUT2D eigenvalue weighted by molar-refractivity contribution is 5.72.